The largest absolute Gasteiger partial charge is 0.423 e. The van der Waals surface area contributed by atoms with Gasteiger partial charge in [-0.1, -0.05) is 20.3 Å². The molecule has 2 heterocycles. The SMILES string of the molecule is CCCn1c(=O)c2[nH]c(C3CCC(OC(C(F)(F)F)C(F)(F)F)C4CCCC3C4)nc2n(CCC)c1=O. The van der Waals surface area contributed by atoms with E-state index < -0.39 is 41.7 Å². The second-order valence-corrected chi connectivity index (χ2v) is 10.2. The number of fused-ring (bicyclic) bond motifs is 3. The fraction of sp³-hybridized carbons (Fsp3) is 0.792. The highest BCUT2D eigenvalue weighted by Crippen LogP contribution is 2.48. The fourth-order valence-electron chi connectivity index (χ4n) is 6.04. The number of aromatic amines is 1. The first-order valence-corrected chi connectivity index (χ1v) is 12.9. The van der Waals surface area contributed by atoms with Crippen molar-refractivity contribution in [2.45, 2.75) is 109 Å². The van der Waals surface area contributed by atoms with Crippen molar-refractivity contribution in [2.24, 2.45) is 11.8 Å². The molecule has 2 fully saturated rings. The van der Waals surface area contributed by atoms with Crippen molar-refractivity contribution in [3.05, 3.63) is 26.7 Å². The van der Waals surface area contributed by atoms with Crippen LogP contribution in [0.25, 0.3) is 11.2 Å². The quantitative estimate of drug-likeness (QED) is 0.487. The molecule has 0 saturated heterocycles. The van der Waals surface area contributed by atoms with Gasteiger partial charge in [0.2, 0.25) is 6.10 Å². The van der Waals surface area contributed by atoms with Crippen molar-refractivity contribution in [2.75, 3.05) is 0 Å². The highest BCUT2D eigenvalue weighted by atomic mass is 19.4. The molecule has 1 N–H and O–H groups in total. The first-order chi connectivity index (χ1) is 17.4. The van der Waals surface area contributed by atoms with Crippen LogP contribution in [-0.4, -0.2) is 43.7 Å². The number of alkyl halides is 6. The minimum Gasteiger partial charge on any atom is -0.357 e. The van der Waals surface area contributed by atoms with Crippen LogP contribution < -0.4 is 11.2 Å². The Bertz CT molecular complexity index is 1200. The summed E-state index contributed by atoms with van der Waals surface area (Å²) in [6, 6.07) is 0. The highest BCUT2D eigenvalue weighted by Gasteiger charge is 2.59. The number of halogens is 6. The smallest absolute Gasteiger partial charge is 0.357 e. The van der Waals surface area contributed by atoms with E-state index in [9.17, 15) is 35.9 Å². The molecule has 2 aliphatic rings. The molecular weight excluding hydrogens is 506 g/mol. The van der Waals surface area contributed by atoms with Crippen LogP contribution in [0, 0.1) is 11.8 Å². The molecule has 4 atom stereocenters. The zero-order valence-corrected chi connectivity index (χ0v) is 20.8. The summed E-state index contributed by atoms with van der Waals surface area (Å²) in [5, 5.41) is 0. The van der Waals surface area contributed by atoms with Crippen molar-refractivity contribution in [1.29, 1.82) is 0 Å². The third-order valence-electron chi connectivity index (χ3n) is 7.64. The lowest BCUT2D eigenvalue weighted by atomic mass is 9.75. The average Bonchev–Trinajstić information content (AvgIpc) is 3.20. The van der Waals surface area contributed by atoms with E-state index in [0.29, 0.717) is 44.5 Å². The predicted molar refractivity (Wildman–Crippen MR) is 123 cm³/mol. The lowest BCUT2D eigenvalue weighted by Crippen LogP contribution is -2.47. The van der Waals surface area contributed by atoms with E-state index in [1.165, 1.54) is 9.13 Å². The normalized spacial score (nSPS) is 25.1. The second-order valence-electron chi connectivity index (χ2n) is 10.2. The predicted octanol–water partition coefficient (Wildman–Crippen LogP) is 5.27. The molecule has 4 rings (SSSR count). The van der Waals surface area contributed by atoms with Crippen LogP contribution in [0.5, 0.6) is 0 Å². The molecule has 7 nitrogen and oxygen atoms in total. The number of aromatic nitrogens is 4. The van der Waals surface area contributed by atoms with E-state index in [0.717, 1.165) is 6.42 Å². The maximum Gasteiger partial charge on any atom is 0.423 e. The number of hydrogen-bond donors (Lipinski definition) is 1. The minimum atomic E-state index is -5.56. The van der Waals surface area contributed by atoms with Gasteiger partial charge in [-0.25, -0.2) is 9.78 Å². The molecule has 0 amide bonds. The van der Waals surface area contributed by atoms with E-state index in [1.807, 2.05) is 13.8 Å². The van der Waals surface area contributed by atoms with E-state index in [1.54, 1.807) is 0 Å². The highest BCUT2D eigenvalue weighted by molar-refractivity contribution is 5.70. The number of rotatable bonds is 7. The van der Waals surface area contributed by atoms with Crippen molar-refractivity contribution in [1.82, 2.24) is 19.1 Å². The maximum atomic E-state index is 13.2. The Kier molecular flexibility index (Phi) is 7.83. The van der Waals surface area contributed by atoms with Crippen LogP contribution in [0.15, 0.2) is 9.59 Å². The molecule has 4 unspecified atom stereocenters. The molecule has 2 aromatic heterocycles. The zero-order valence-electron chi connectivity index (χ0n) is 20.8. The molecule has 0 radical (unpaired) electrons. The Labute approximate surface area is 209 Å². The van der Waals surface area contributed by atoms with Crippen molar-refractivity contribution >= 4 is 11.2 Å². The van der Waals surface area contributed by atoms with Crippen molar-refractivity contribution in [3.63, 3.8) is 0 Å². The summed E-state index contributed by atoms with van der Waals surface area (Å²) in [5.41, 5.74) is -0.507. The molecule has 2 saturated carbocycles. The molecule has 0 aliphatic heterocycles. The summed E-state index contributed by atoms with van der Waals surface area (Å²) in [7, 11) is 0. The van der Waals surface area contributed by atoms with Crippen molar-refractivity contribution < 1.29 is 31.1 Å². The zero-order chi connectivity index (χ0) is 27.1. The Morgan fingerprint density at radius 3 is 2.19 bits per heavy atom. The summed E-state index contributed by atoms with van der Waals surface area (Å²) < 4.78 is 86.6. The number of ether oxygens (including phenoxy) is 1. The van der Waals surface area contributed by atoms with Gasteiger partial charge in [-0.15, -0.1) is 0 Å². The molecule has 2 aliphatic carbocycles. The Morgan fingerprint density at radius 2 is 1.57 bits per heavy atom. The average molecular weight is 539 g/mol. The van der Waals surface area contributed by atoms with Crippen LogP contribution in [0.1, 0.15) is 77.0 Å². The van der Waals surface area contributed by atoms with Gasteiger partial charge in [-0.2, -0.15) is 26.3 Å². The molecule has 2 bridgehead atoms. The molecule has 13 heteroatoms. The summed E-state index contributed by atoms with van der Waals surface area (Å²) in [4.78, 5) is 33.8. The fourth-order valence-corrected chi connectivity index (χ4v) is 6.04. The third-order valence-corrected chi connectivity index (χ3v) is 7.64. The number of aryl methyl sites for hydroxylation is 1. The van der Waals surface area contributed by atoms with Gasteiger partial charge in [0, 0.05) is 19.0 Å². The molecule has 208 valence electrons. The summed E-state index contributed by atoms with van der Waals surface area (Å²) >= 11 is 0. The lowest BCUT2D eigenvalue weighted by molar-refractivity contribution is -0.334. The molecule has 0 aromatic carbocycles. The van der Waals surface area contributed by atoms with Gasteiger partial charge in [-0.3, -0.25) is 13.9 Å². The monoisotopic (exact) mass is 538 g/mol. The Hall–Kier alpha value is -2.31. The minimum absolute atomic E-state index is 0.00731. The number of H-pyrrole nitrogens is 1. The van der Waals surface area contributed by atoms with Crippen LogP contribution in [0.3, 0.4) is 0 Å². The van der Waals surface area contributed by atoms with Gasteiger partial charge in [0.1, 0.15) is 11.3 Å². The first kappa shape index (κ1) is 27.7. The number of nitrogens with one attached hydrogen (secondary N) is 1. The van der Waals surface area contributed by atoms with E-state index in [2.05, 4.69) is 9.97 Å². The van der Waals surface area contributed by atoms with Gasteiger partial charge < -0.3 is 9.72 Å². The third kappa shape index (κ3) is 5.46. The molecule has 0 spiro atoms. The number of imidazole rings is 1. The van der Waals surface area contributed by atoms with Crippen LogP contribution >= 0.6 is 0 Å². The topological polar surface area (TPSA) is 81.9 Å². The summed E-state index contributed by atoms with van der Waals surface area (Å²) in [6.45, 7) is 4.35. The summed E-state index contributed by atoms with van der Waals surface area (Å²) in [6.07, 6.45) is -12.3. The standard InChI is InChI=1S/C24H32F6N4O3/c1-3-10-33-19-17(20(35)34(11-4-2)22(33)36)31-18(32-19)15-8-9-16(14-7-5-6-13(15)12-14)37-21(23(25,26)27)24(28,29)30/h13-16,21H,3-12H2,1-2H3,(H,31,32). The van der Waals surface area contributed by atoms with E-state index >= 15 is 0 Å². The number of nitrogens with zero attached hydrogens (tertiary/aromatic N) is 3. The molecule has 2 aromatic rings. The van der Waals surface area contributed by atoms with Crippen molar-refractivity contribution in [3.8, 4) is 0 Å². The van der Waals surface area contributed by atoms with Gasteiger partial charge in [0.15, 0.2) is 5.65 Å². The molecular formula is C24H32F6N4O3. The summed E-state index contributed by atoms with van der Waals surface area (Å²) in [5.74, 6) is -0.323. The van der Waals surface area contributed by atoms with Gasteiger partial charge >= 0.3 is 18.0 Å². The lowest BCUT2D eigenvalue weighted by Gasteiger charge is -2.35. The Morgan fingerprint density at radius 1 is 0.946 bits per heavy atom. The maximum absolute atomic E-state index is 13.2. The first-order valence-electron chi connectivity index (χ1n) is 12.9. The van der Waals surface area contributed by atoms with Crippen LogP contribution in [0.2, 0.25) is 0 Å². The van der Waals surface area contributed by atoms with Gasteiger partial charge in [-0.05, 0) is 56.8 Å². The second kappa shape index (κ2) is 10.5. The van der Waals surface area contributed by atoms with Gasteiger partial charge in [0.05, 0.1) is 6.10 Å². The Balaban J connectivity index is 1.70. The number of hydrogen-bond acceptors (Lipinski definition) is 4. The van der Waals surface area contributed by atoms with Gasteiger partial charge in [0.25, 0.3) is 5.56 Å². The molecule has 37 heavy (non-hydrogen) atoms. The van der Waals surface area contributed by atoms with E-state index in [4.69, 9.17) is 4.74 Å². The van der Waals surface area contributed by atoms with E-state index in [-0.39, 0.29) is 42.4 Å². The van der Waals surface area contributed by atoms with Crippen LogP contribution in [0.4, 0.5) is 26.3 Å². The van der Waals surface area contributed by atoms with Crippen LogP contribution in [-0.2, 0) is 17.8 Å².